The first kappa shape index (κ1) is 22.8. The molecule has 0 atom stereocenters. The SMILES string of the molecule is CCOc1ccc(CC(=O)N(CCN(C)C)c2nc3c(OC)ccc(OC)c3s2)cc1. The van der Waals surface area contributed by atoms with E-state index in [9.17, 15) is 4.79 Å². The van der Waals surface area contributed by atoms with Gasteiger partial charge in [0.15, 0.2) is 5.13 Å². The molecule has 0 saturated heterocycles. The van der Waals surface area contributed by atoms with Gasteiger partial charge in [0.25, 0.3) is 0 Å². The fourth-order valence-electron chi connectivity index (χ4n) is 3.16. The number of aromatic nitrogens is 1. The lowest BCUT2D eigenvalue weighted by Gasteiger charge is -2.22. The Kier molecular flexibility index (Phi) is 7.70. The van der Waals surface area contributed by atoms with Crippen molar-refractivity contribution in [3.8, 4) is 17.2 Å². The molecule has 2 aromatic carbocycles. The van der Waals surface area contributed by atoms with Crippen LogP contribution in [0.4, 0.5) is 5.13 Å². The molecule has 1 amide bonds. The third-order valence-electron chi connectivity index (χ3n) is 4.79. The van der Waals surface area contributed by atoms with E-state index in [4.69, 9.17) is 19.2 Å². The Morgan fingerprint density at radius 3 is 2.29 bits per heavy atom. The smallest absolute Gasteiger partial charge is 0.233 e. The molecule has 0 N–H and O–H groups in total. The average molecular weight is 444 g/mol. The van der Waals surface area contributed by atoms with Crippen LogP contribution in [-0.2, 0) is 11.2 Å². The summed E-state index contributed by atoms with van der Waals surface area (Å²) >= 11 is 1.44. The molecule has 1 aromatic heterocycles. The van der Waals surface area contributed by atoms with Crippen molar-refractivity contribution in [3.63, 3.8) is 0 Å². The van der Waals surface area contributed by atoms with E-state index in [1.54, 1.807) is 19.1 Å². The van der Waals surface area contributed by atoms with E-state index < -0.39 is 0 Å². The number of anilines is 1. The van der Waals surface area contributed by atoms with Gasteiger partial charge in [0.2, 0.25) is 5.91 Å². The molecule has 31 heavy (non-hydrogen) atoms. The Labute approximate surface area is 187 Å². The van der Waals surface area contributed by atoms with Crippen molar-refractivity contribution in [2.24, 2.45) is 0 Å². The van der Waals surface area contributed by atoms with E-state index in [2.05, 4.69) is 0 Å². The monoisotopic (exact) mass is 443 g/mol. The van der Waals surface area contributed by atoms with Gasteiger partial charge in [0.05, 0.1) is 27.2 Å². The minimum absolute atomic E-state index is 0.0111. The molecule has 166 valence electrons. The second-order valence-corrected chi connectivity index (χ2v) is 8.22. The highest BCUT2D eigenvalue weighted by atomic mass is 32.1. The third-order valence-corrected chi connectivity index (χ3v) is 5.88. The molecule has 0 spiro atoms. The molecular formula is C23H29N3O4S. The van der Waals surface area contributed by atoms with Crippen molar-refractivity contribution < 1.29 is 19.0 Å². The van der Waals surface area contributed by atoms with Crippen LogP contribution < -0.4 is 19.1 Å². The van der Waals surface area contributed by atoms with E-state index in [-0.39, 0.29) is 12.3 Å². The Hall–Kier alpha value is -2.84. The quantitative estimate of drug-likeness (QED) is 0.474. The van der Waals surface area contributed by atoms with Crippen LogP contribution >= 0.6 is 11.3 Å². The molecule has 0 radical (unpaired) electrons. The summed E-state index contributed by atoms with van der Waals surface area (Å²) in [7, 11) is 7.21. The second-order valence-electron chi connectivity index (χ2n) is 7.25. The van der Waals surface area contributed by atoms with Crippen LogP contribution in [0.2, 0.25) is 0 Å². The van der Waals surface area contributed by atoms with Gasteiger partial charge < -0.3 is 19.1 Å². The standard InChI is InChI=1S/C23H29N3O4S/c1-6-30-17-9-7-16(8-10-17)15-20(27)26(14-13-25(2)3)23-24-21-18(28-4)11-12-19(29-5)22(21)31-23/h7-12H,6,13-15H2,1-5H3. The van der Waals surface area contributed by atoms with Crippen LogP contribution in [0.25, 0.3) is 10.2 Å². The van der Waals surface area contributed by atoms with E-state index in [0.717, 1.165) is 22.6 Å². The molecule has 8 heteroatoms. The van der Waals surface area contributed by atoms with Gasteiger partial charge in [-0.1, -0.05) is 23.5 Å². The molecule has 3 aromatic rings. The number of benzene rings is 2. The highest BCUT2D eigenvalue weighted by Crippen LogP contribution is 2.40. The topological polar surface area (TPSA) is 64.1 Å². The molecular weight excluding hydrogens is 414 g/mol. The molecule has 0 saturated carbocycles. The summed E-state index contributed by atoms with van der Waals surface area (Å²) in [6.45, 7) is 3.82. The van der Waals surface area contributed by atoms with Gasteiger partial charge in [-0.05, 0) is 50.8 Å². The number of carbonyl (C=O) groups is 1. The lowest BCUT2D eigenvalue weighted by molar-refractivity contribution is -0.118. The molecule has 0 aliphatic carbocycles. The van der Waals surface area contributed by atoms with Crippen LogP contribution in [0.5, 0.6) is 17.2 Å². The Balaban J connectivity index is 1.92. The number of nitrogens with zero attached hydrogens (tertiary/aromatic N) is 3. The maximum Gasteiger partial charge on any atom is 0.233 e. The summed E-state index contributed by atoms with van der Waals surface area (Å²) in [5.41, 5.74) is 1.63. The van der Waals surface area contributed by atoms with Gasteiger partial charge in [-0.25, -0.2) is 4.98 Å². The van der Waals surface area contributed by atoms with Gasteiger partial charge in [0.1, 0.15) is 27.5 Å². The summed E-state index contributed by atoms with van der Waals surface area (Å²) in [6, 6.07) is 11.3. The predicted molar refractivity (Wildman–Crippen MR) is 125 cm³/mol. The second kappa shape index (κ2) is 10.5. The first-order chi connectivity index (χ1) is 15.0. The largest absolute Gasteiger partial charge is 0.495 e. The minimum Gasteiger partial charge on any atom is -0.495 e. The fraction of sp³-hybridized carbons (Fsp3) is 0.391. The third kappa shape index (κ3) is 5.45. The van der Waals surface area contributed by atoms with Crippen LogP contribution in [0.15, 0.2) is 36.4 Å². The summed E-state index contributed by atoms with van der Waals surface area (Å²) in [5, 5.41) is 0.635. The number of thiazole rings is 1. The molecule has 0 fully saturated rings. The van der Waals surface area contributed by atoms with Gasteiger partial charge in [-0.15, -0.1) is 0 Å². The van der Waals surface area contributed by atoms with Crippen LogP contribution in [-0.4, -0.2) is 63.8 Å². The summed E-state index contributed by atoms with van der Waals surface area (Å²) < 4.78 is 17.3. The van der Waals surface area contributed by atoms with E-state index in [1.165, 1.54) is 11.3 Å². The van der Waals surface area contributed by atoms with Crippen molar-refractivity contribution in [2.45, 2.75) is 13.3 Å². The maximum absolute atomic E-state index is 13.3. The molecule has 0 aliphatic rings. The lowest BCUT2D eigenvalue weighted by Crippen LogP contribution is -2.37. The Morgan fingerprint density at radius 2 is 1.68 bits per heavy atom. The molecule has 3 rings (SSSR count). The highest BCUT2D eigenvalue weighted by molar-refractivity contribution is 7.22. The first-order valence-corrected chi connectivity index (χ1v) is 11.0. The number of amides is 1. The number of carbonyl (C=O) groups excluding carboxylic acids is 1. The molecule has 0 bridgehead atoms. The molecule has 0 unspecified atom stereocenters. The van der Waals surface area contributed by atoms with E-state index in [0.29, 0.717) is 35.3 Å². The normalized spacial score (nSPS) is 11.0. The van der Waals surface area contributed by atoms with Crippen molar-refractivity contribution in [1.82, 2.24) is 9.88 Å². The van der Waals surface area contributed by atoms with Gasteiger partial charge >= 0.3 is 0 Å². The summed E-state index contributed by atoms with van der Waals surface area (Å²) in [4.78, 5) is 21.9. The Bertz CT molecular complexity index is 977. The van der Waals surface area contributed by atoms with Crippen molar-refractivity contribution in [3.05, 3.63) is 42.0 Å². The number of ether oxygens (including phenoxy) is 3. The van der Waals surface area contributed by atoms with Crippen molar-refractivity contribution >= 4 is 32.6 Å². The Morgan fingerprint density at radius 1 is 1.00 bits per heavy atom. The average Bonchev–Trinajstić information content (AvgIpc) is 3.19. The van der Waals surface area contributed by atoms with E-state index in [1.807, 2.05) is 62.3 Å². The van der Waals surface area contributed by atoms with Gasteiger partial charge in [-0.3, -0.25) is 9.69 Å². The molecule has 1 heterocycles. The zero-order valence-corrected chi connectivity index (χ0v) is 19.5. The minimum atomic E-state index is -0.0111. The number of hydrogen-bond donors (Lipinski definition) is 0. The zero-order valence-electron chi connectivity index (χ0n) is 18.7. The number of fused-ring (bicyclic) bond motifs is 1. The fourth-order valence-corrected chi connectivity index (χ4v) is 4.27. The van der Waals surface area contributed by atoms with Crippen LogP contribution in [0.1, 0.15) is 12.5 Å². The summed E-state index contributed by atoms with van der Waals surface area (Å²) in [5.74, 6) is 2.16. The zero-order chi connectivity index (χ0) is 22.4. The molecule has 7 nitrogen and oxygen atoms in total. The van der Waals surface area contributed by atoms with Crippen molar-refractivity contribution in [1.29, 1.82) is 0 Å². The van der Waals surface area contributed by atoms with Gasteiger partial charge in [-0.2, -0.15) is 0 Å². The number of hydrogen-bond acceptors (Lipinski definition) is 7. The highest BCUT2D eigenvalue weighted by Gasteiger charge is 2.23. The van der Waals surface area contributed by atoms with Crippen LogP contribution in [0.3, 0.4) is 0 Å². The maximum atomic E-state index is 13.3. The first-order valence-electron chi connectivity index (χ1n) is 10.1. The van der Waals surface area contributed by atoms with E-state index >= 15 is 0 Å². The summed E-state index contributed by atoms with van der Waals surface area (Å²) in [6.07, 6.45) is 0.282. The van der Waals surface area contributed by atoms with Gasteiger partial charge in [0, 0.05) is 13.1 Å². The lowest BCUT2D eigenvalue weighted by atomic mass is 10.1. The predicted octanol–water partition coefficient (Wildman–Crippen LogP) is 3.85. The van der Waals surface area contributed by atoms with Crippen LogP contribution in [0, 0.1) is 0 Å². The molecule has 0 aliphatic heterocycles. The number of methoxy groups -OCH3 is 2. The van der Waals surface area contributed by atoms with Crippen molar-refractivity contribution in [2.75, 3.05) is 52.9 Å². The number of rotatable bonds is 10. The number of likely N-dealkylation sites (N-methyl/N-ethyl adjacent to an activating group) is 1.